The molecule has 0 spiro atoms. The van der Waals surface area contributed by atoms with E-state index in [0.717, 1.165) is 6.20 Å². The number of benzene rings is 1. The van der Waals surface area contributed by atoms with Crippen molar-refractivity contribution in [3.8, 4) is 5.69 Å². The van der Waals surface area contributed by atoms with Crippen molar-refractivity contribution in [1.29, 1.82) is 0 Å². The van der Waals surface area contributed by atoms with Crippen LogP contribution in [0.3, 0.4) is 0 Å². The molecule has 0 atom stereocenters. The molecule has 18 heavy (non-hydrogen) atoms. The van der Waals surface area contributed by atoms with Gasteiger partial charge in [0.25, 0.3) is 5.69 Å². The van der Waals surface area contributed by atoms with E-state index in [9.17, 15) is 14.9 Å². The van der Waals surface area contributed by atoms with Gasteiger partial charge in [0.05, 0.1) is 22.4 Å². The van der Waals surface area contributed by atoms with E-state index in [2.05, 4.69) is 5.10 Å². The number of nitro benzene ring substituents is 1. The molecule has 1 aromatic heterocycles. The molecule has 0 aliphatic heterocycles. The zero-order valence-corrected chi connectivity index (χ0v) is 9.53. The van der Waals surface area contributed by atoms with E-state index >= 15 is 0 Å². The Morgan fingerprint density at radius 2 is 2.22 bits per heavy atom. The number of carboxylic acid groups (broad SMARTS) is 1. The van der Waals surface area contributed by atoms with Gasteiger partial charge < -0.3 is 5.11 Å². The Kier molecular flexibility index (Phi) is 2.99. The topological polar surface area (TPSA) is 98.3 Å². The molecular formula is C10H6ClN3O4. The molecule has 0 saturated carbocycles. The molecule has 0 aliphatic carbocycles. The van der Waals surface area contributed by atoms with Crippen LogP contribution in [0.25, 0.3) is 5.69 Å². The van der Waals surface area contributed by atoms with Crippen LogP contribution in [0.4, 0.5) is 5.69 Å². The van der Waals surface area contributed by atoms with Crippen molar-refractivity contribution in [2.45, 2.75) is 0 Å². The van der Waals surface area contributed by atoms with Crippen LogP contribution in [-0.2, 0) is 0 Å². The number of hydrogen-bond donors (Lipinski definition) is 1. The summed E-state index contributed by atoms with van der Waals surface area (Å²) >= 11 is 5.67. The summed E-state index contributed by atoms with van der Waals surface area (Å²) in [6, 6.07) is 4.09. The van der Waals surface area contributed by atoms with Crippen molar-refractivity contribution >= 4 is 23.3 Å². The third-order valence-corrected chi connectivity index (χ3v) is 2.54. The van der Waals surface area contributed by atoms with E-state index in [1.54, 1.807) is 0 Å². The van der Waals surface area contributed by atoms with Crippen LogP contribution in [0, 0.1) is 10.1 Å². The molecule has 1 aromatic carbocycles. The highest BCUT2D eigenvalue weighted by Crippen LogP contribution is 2.26. The van der Waals surface area contributed by atoms with Crippen LogP contribution in [0.5, 0.6) is 0 Å². The summed E-state index contributed by atoms with van der Waals surface area (Å²) in [5.41, 5.74) is 0.0905. The first-order valence-corrected chi connectivity index (χ1v) is 5.09. The zero-order chi connectivity index (χ0) is 13.3. The molecular weight excluding hydrogens is 262 g/mol. The largest absolute Gasteiger partial charge is 0.478 e. The zero-order valence-electron chi connectivity index (χ0n) is 8.78. The SMILES string of the molecule is O=C(O)c1cnn(-c2ccc(Cl)c([N+](=O)[O-])c2)c1. The molecule has 1 heterocycles. The minimum atomic E-state index is -1.12. The Bertz CT molecular complexity index is 638. The Labute approximate surface area is 105 Å². The third-order valence-electron chi connectivity index (χ3n) is 2.22. The van der Waals surface area contributed by atoms with Crippen LogP contribution in [0.15, 0.2) is 30.6 Å². The Morgan fingerprint density at radius 1 is 1.50 bits per heavy atom. The molecule has 2 aromatic rings. The monoisotopic (exact) mass is 267 g/mol. The summed E-state index contributed by atoms with van der Waals surface area (Å²) in [7, 11) is 0. The molecule has 1 N–H and O–H groups in total. The minimum absolute atomic E-state index is 0.00685. The molecule has 2 rings (SSSR count). The summed E-state index contributed by atoms with van der Waals surface area (Å²) in [5.74, 6) is -1.12. The van der Waals surface area contributed by atoms with Crippen molar-refractivity contribution in [1.82, 2.24) is 9.78 Å². The van der Waals surface area contributed by atoms with Crippen LogP contribution in [0.2, 0.25) is 5.02 Å². The van der Waals surface area contributed by atoms with Crippen LogP contribution >= 0.6 is 11.6 Å². The summed E-state index contributed by atoms with van der Waals surface area (Å²) in [5, 5.41) is 23.3. The summed E-state index contributed by atoms with van der Waals surface area (Å²) < 4.78 is 1.23. The molecule has 0 amide bonds. The van der Waals surface area contributed by atoms with Crippen LogP contribution < -0.4 is 0 Å². The molecule has 8 heteroatoms. The quantitative estimate of drug-likeness (QED) is 0.678. The van der Waals surface area contributed by atoms with E-state index in [0.29, 0.717) is 5.69 Å². The predicted molar refractivity (Wildman–Crippen MR) is 62.2 cm³/mol. The molecule has 0 radical (unpaired) electrons. The summed E-state index contributed by atoms with van der Waals surface area (Å²) in [6.45, 7) is 0. The Hall–Kier alpha value is -2.41. The van der Waals surface area contributed by atoms with Crippen LogP contribution in [-0.4, -0.2) is 25.8 Å². The molecule has 92 valence electrons. The van der Waals surface area contributed by atoms with Crippen molar-refractivity contribution < 1.29 is 14.8 Å². The first-order valence-electron chi connectivity index (χ1n) is 4.71. The number of hydrogen-bond acceptors (Lipinski definition) is 4. The van der Waals surface area contributed by atoms with Crippen molar-refractivity contribution in [2.24, 2.45) is 0 Å². The normalized spacial score (nSPS) is 10.3. The van der Waals surface area contributed by atoms with E-state index < -0.39 is 10.9 Å². The lowest BCUT2D eigenvalue weighted by Gasteiger charge is -2.01. The van der Waals surface area contributed by atoms with E-state index in [4.69, 9.17) is 16.7 Å². The van der Waals surface area contributed by atoms with Crippen molar-refractivity contribution in [3.63, 3.8) is 0 Å². The number of aromatic carboxylic acids is 1. The summed E-state index contributed by atoms with van der Waals surface area (Å²) in [4.78, 5) is 20.8. The molecule has 0 unspecified atom stereocenters. The van der Waals surface area contributed by atoms with Crippen LogP contribution in [0.1, 0.15) is 10.4 Å². The minimum Gasteiger partial charge on any atom is -0.478 e. The Balaban J connectivity index is 2.47. The third kappa shape index (κ3) is 2.16. The number of rotatable bonds is 3. The van der Waals surface area contributed by atoms with Gasteiger partial charge in [0, 0.05) is 12.3 Å². The maximum absolute atomic E-state index is 10.7. The number of carbonyl (C=O) groups is 1. The lowest BCUT2D eigenvalue weighted by molar-refractivity contribution is -0.384. The number of nitro groups is 1. The molecule has 7 nitrogen and oxygen atoms in total. The molecule has 0 aliphatic rings. The predicted octanol–water partition coefficient (Wildman–Crippen LogP) is 2.13. The fourth-order valence-electron chi connectivity index (χ4n) is 1.36. The number of carboxylic acids is 1. The smallest absolute Gasteiger partial charge is 0.338 e. The first kappa shape index (κ1) is 12.1. The number of nitrogens with zero attached hydrogens (tertiary/aromatic N) is 3. The molecule has 0 fully saturated rings. The Morgan fingerprint density at radius 3 is 2.78 bits per heavy atom. The number of aromatic nitrogens is 2. The van der Waals surface area contributed by atoms with Gasteiger partial charge in [0.2, 0.25) is 0 Å². The fraction of sp³-hybridized carbons (Fsp3) is 0. The van der Waals surface area contributed by atoms with E-state index in [-0.39, 0.29) is 16.3 Å². The van der Waals surface area contributed by atoms with Gasteiger partial charge in [-0.05, 0) is 12.1 Å². The van der Waals surface area contributed by atoms with Crippen molar-refractivity contribution in [3.05, 3.63) is 51.3 Å². The van der Waals surface area contributed by atoms with E-state index in [1.165, 1.54) is 29.1 Å². The first-order chi connectivity index (χ1) is 8.49. The fourth-order valence-corrected chi connectivity index (χ4v) is 1.54. The standard InChI is InChI=1S/C10H6ClN3O4/c11-8-2-1-7(3-9(8)14(17)18)13-5-6(4-12-13)10(15)16/h1-5H,(H,15,16). The average Bonchev–Trinajstić information content (AvgIpc) is 2.78. The highest BCUT2D eigenvalue weighted by Gasteiger charge is 2.14. The maximum atomic E-state index is 10.7. The average molecular weight is 268 g/mol. The second-order valence-corrected chi connectivity index (χ2v) is 3.78. The summed E-state index contributed by atoms with van der Waals surface area (Å²) in [6.07, 6.45) is 2.41. The highest BCUT2D eigenvalue weighted by atomic mass is 35.5. The van der Waals surface area contributed by atoms with E-state index in [1.807, 2.05) is 0 Å². The lowest BCUT2D eigenvalue weighted by Crippen LogP contribution is -1.97. The highest BCUT2D eigenvalue weighted by molar-refractivity contribution is 6.32. The maximum Gasteiger partial charge on any atom is 0.338 e. The van der Waals surface area contributed by atoms with Gasteiger partial charge in [-0.15, -0.1) is 0 Å². The van der Waals surface area contributed by atoms with Gasteiger partial charge in [-0.3, -0.25) is 10.1 Å². The van der Waals surface area contributed by atoms with Crippen molar-refractivity contribution in [2.75, 3.05) is 0 Å². The second-order valence-electron chi connectivity index (χ2n) is 3.37. The van der Waals surface area contributed by atoms with Gasteiger partial charge in [-0.25, -0.2) is 9.48 Å². The van der Waals surface area contributed by atoms with Gasteiger partial charge in [-0.1, -0.05) is 11.6 Å². The second kappa shape index (κ2) is 4.46. The van der Waals surface area contributed by atoms with Gasteiger partial charge >= 0.3 is 5.97 Å². The lowest BCUT2D eigenvalue weighted by atomic mass is 10.3. The van der Waals surface area contributed by atoms with Gasteiger partial charge in [-0.2, -0.15) is 5.10 Å². The van der Waals surface area contributed by atoms with Gasteiger partial charge in [0.15, 0.2) is 0 Å². The number of halogens is 1. The molecule has 0 bridgehead atoms. The van der Waals surface area contributed by atoms with Gasteiger partial charge in [0.1, 0.15) is 5.02 Å². The molecule has 0 saturated heterocycles.